The fourth-order valence-electron chi connectivity index (χ4n) is 1.66. The first-order valence-electron chi connectivity index (χ1n) is 4.77. The minimum atomic E-state index is 0.130. The Labute approximate surface area is 98.4 Å². The second-order valence-corrected chi connectivity index (χ2v) is 5.07. The lowest BCUT2D eigenvalue weighted by atomic mass is 10.1. The Kier molecular flexibility index (Phi) is 2.22. The van der Waals surface area contributed by atoms with Gasteiger partial charge in [0.15, 0.2) is 0 Å². The highest BCUT2D eigenvalue weighted by Crippen LogP contribution is 2.42. The van der Waals surface area contributed by atoms with E-state index in [1.807, 2.05) is 24.3 Å². The number of allylic oxidation sites excluding steroid dienone is 3. The Hall–Kier alpha value is -0.930. The number of thioether (sulfide) groups is 1. The van der Waals surface area contributed by atoms with E-state index in [4.69, 9.17) is 0 Å². The summed E-state index contributed by atoms with van der Waals surface area (Å²) in [5, 5.41) is 0.130. The molecule has 0 amide bonds. The van der Waals surface area contributed by atoms with Crippen LogP contribution in [0, 0.1) is 0 Å². The third-order valence-corrected chi connectivity index (χ3v) is 3.95. The van der Waals surface area contributed by atoms with E-state index in [-0.39, 0.29) is 5.25 Å². The van der Waals surface area contributed by atoms with Crippen molar-refractivity contribution in [1.29, 1.82) is 0 Å². The molecule has 1 aliphatic carbocycles. The van der Waals surface area contributed by atoms with Crippen molar-refractivity contribution in [2.45, 2.75) is 10.1 Å². The van der Waals surface area contributed by atoms with Gasteiger partial charge in [0.25, 0.3) is 0 Å². The molecule has 15 heavy (non-hydrogen) atoms. The van der Waals surface area contributed by atoms with Gasteiger partial charge in [0.2, 0.25) is 0 Å². The Morgan fingerprint density at radius 3 is 3.07 bits per heavy atom. The molecular weight excluding hydrogens is 222 g/mol. The lowest BCUT2D eigenvalue weighted by Crippen LogP contribution is -2.17. The van der Waals surface area contributed by atoms with Gasteiger partial charge >= 0.3 is 0 Å². The summed E-state index contributed by atoms with van der Waals surface area (Å²) in [6.45, 7) is 0. The predicted octanol–water partition coefficient (Wildman–Crippen LogP) is 3.62. The molecule has 1 atom stereocenters. The van der Waals surface area contributed by atoms with Crippen LogP contribution in [0.2, 0.25) is 0 Å². The second kappa shape index (κ2) is 3.58. The van der Waals surface area contributed by atoms with Crippen molar-refractivity contribution in [1.82, 2.24) is 0 Å². The summed E-state index contributed by atoms with van der Waals surface area (Å²) < 4.78 is 0. The van der Waals surface area contributed by atoms with Gasteiger partial charge in [-0.2, -0.15) is 12.6 Å². The summed E-state index contributed by atoms with van der Waals surface area (Å²) >= 11 is 6.28. The summed E-state index contributed by atoms with van der Waals surface area (Å²) in [5.74, 6) is 0. The van der Waals surface area contributed by atoms with Gasteiger partial charge in [0.1, 0.15) is 0 Å². The zero-order valence-corrected chi connectivity index (χ0v) is 9.63. The third-order valence-electron chi connectivity index (χ3n) is 2.40. The maximum Gasteiger partial charge on any atom is 0.0773 e. The van der Waals surface area contributed by atoms with E-state index in [0.717, 1.165) is 11.4 Å². The zero-order chi connectivity index (χ0) is 10.3. The van der Waals surface area contributed by atoms with Crippen molar-refractivity contribution in [2.75, 3.05) is 0 Å². The predicted molar refractivity (Wildman–Crippen MR) is 69.4 cm³/mol. The molecule has 0 saturated carbocycles. The third kappa shape index (κ3) is 1.56. The molecule has 0 N–H and O–H groups in total. The fourth-order valence-corrected chi connectivity index (χ4v) is 3.07. The summed E-state index contributed by atoms with van der Waals surface area (Å²) in [6.07, 6.45) is 6.21. The largest absolute Gasteiger partial charge is 0.250 e. The van der Waals surface area contributed by atoms with Crippen LogP contribution in [0.4, 0.5) is 5.69 Å². The number of aliphatic imine (C=N–C) groups is 1. The molecule has 1 aromatic carbocycles. The van der Waals surface area contributed by atoms with E-state index >= 15 is 0 Å². The molecule has 74 valence electrons. The maximum atomic E-state index is 4.65. The summed E-state index contributed by atoms with van der Waals surface area (Å²) in [5.41, 5.74) is 2.13. The SMILES string of the molecule is SC1C=CC=C2Sc3ccccc3N=C21. The second-order valence-electron chi connectivity index (χ2n) is 3.43. The van der Waals surface area contributed by atoms with E-state index in [1.54, 1.807) is 11.8 Å². The first-order valence-corrected chi connectivity index (χ1v) is 6.10. The lowest BCUT2D eigenvalue weighted by Gasteiger charge is -2.22. The highest BCUT2D eigenvalue weighted by atomic mass is 32.2. The van der Waals surface area contributed by atoms with Crippen molar-refractivity contribution < 1.29 is 0 Å². The molecular formula is C12H9NS2. The molecule has 1 aromatic rings. The standard InChI is InChI=1S/C12H9NS2/c14-9-5-3-7-11-12(9)13-8-4-1-2-6-10(8)15-11/h1-7,9,14H. The smallest absolute Gasteiger partial charge is 0.0773 e. The number of benzene rings is 1. The summed E-state index contributed by atoms with van der Waals surface area (Å²) in [7, 11) is 0. The molecule has 3 rings (SSSR count). The van der Waals surface area contributed by atoms with Crippen molar-refractivity contribution in [3.8, 4) is 0 Å². The number of hydrogen-bond acceptors (Lipinski definition) is 3. The number of rotatable bonds is 0. The van der Waals surface area contributed by atoms with Crippen LogP contribution < -0.4 is 0 Å². The molecule has 0 aromatic heterocycles. The molecule has 1 aliphatic heterocycles. The van der Waals surface area contributed by atoms with Gasteiger partial charge in [-0.1, -0.05) is 36.0 Å². The topological polar surface area (TPSA) is 12.4 Å². The van der Waals surface area contributed by atoms with Gasteiger partial charge in [-0.15, -0.1) is 0 Å². The number of fused-ring (bicyclic) bond motifs is 2. The quantitative estimate of drug-likeness (QED) is 0.673. The molecule has 0 fully saturated rings. The Balaban J connectivity index is 2.16. The molecule has 3 heteroatoms. The molecule has 1 unspecified atom stereocenters. The van der Waals surface area contributed by atoms with E-state index in [9.17, 15) is 0 Å². The molecule has 0 saturated heterocycles. The number of para-hydroxylation sites is 1. The van der Waals surface area contributed by atoms with Crippen molar-refractivity contribution in [3.63, 3.8) is 0 Å². The minimum Gasteiger partial charge on any atom is -0.250 e. The maximum absolute atomic E-state index is 4.65. The van der Waals surface area contributed by atoms with Crippen molar-refractivity contribution in [3.05, 3.63) is 47.4 Å². The van der Waals surface area contributed by atoms with Gasteiger partial charge in [-0.25, -0.2) is 4.99 Å². The number of nitrogens with zero attached hydrogens (tertiary/aromatic N) is 1. The van der Waals surface area contributed by atoms with Gasteiger partial charge in [-0.3, -0.25) is 0 Å². The lowest BCUT2D eigenvalue weighted by molar-refractivity contribution is 1.32. The minimum absolute atomic E-state index is 0.130. The van der Waals surface area contributed by atoms with Crippen LogP contribution in [0.15, 0.2) is 57.3 Å². The normalized spacial score (nSPS) is 22.6. The molecule has 1 nitrogen and oxygen atoms in total. The molecule has 2 aliphatic rings. The van der Waals surface area contributed by atoms with E-state index in [2.05, 4.69) is 35.8 Å². The van der Waals surface area contributed by atoms with Crippen LogP contribution in [-0.4, -0.2) is 11.0 Å². The summed E-state index contributed by atoms with van der Waals surface area (Å²) in [6, 6.07) is 8.21. The zero-order valence-electron chi connectivity index (χ0n) is 7.92. The van der Waals surface area contributed by atoms with Crippen molar-refractivity contribution >= 4 is 35.8 Å². The average Bonchev–Trinajstić information content (AvgIpc) is 2.27. The van der Waals surface area contributed by atoms with Crippen LogP contribution in [0.5, 0.6) is 0 Å². The van der Waals surface area contributed by atoms with Gasteiger partial charge in [-0.05, 0) is 18.2 Å². The van der Waals surface area contributed by atoms with Crippen LogP contribution in [0.1, 0.15) is 0 Å². The monoisotopic (exact) mass is 231 g/mol. The fraction of sp³-hybridized carbons (Fsp3) is 0.0833. The Bertz CT molecular complexity index is 500. The van der Waals surface area contributed by atoms with Gasteiger partial charge < -0.3 is 0 Å². The average molecular weight is 231 g/mol. The van der Waals surface area contributed by atoms with Gasteiger partial charge in [0, 0.05) is 9.80 Å². The number of thiol groups is 1. The molecule has 0 spiro atoms. The van der Waals surface area contributed by atoms with E-state index < -0.39 is 0 Å². The molecule has 0 radical (unpaired) electrons. The van der Waals surface area contributed by atoms with Crippen LogP contribution in [0.3, 0.4) is 0 Å². The van der Waals surface area contributed by atoms with E-state index in [0.29, 0.717) is 0 Å². The van der Waals surface area contributed by atoms with E-state index in [1.165, 1.54) is 9.80 Å². The first kappa shape index (κ1) is 9.31. The number of hydrogen-bond donors (Lipinski definition) is 1. The molecule has 0 bridgehead atoms. The Morgan fingerprint density at radius 2 is 2.13 bits per heavy atom. The Morgan fingerprint density at radius 1 is 1.27 bits per heavy atom. The van der Waals surface area contributed by atoms with Gasteiger partial charge in [0.05, 0.1) is 16.6 Å². The first-order chi connectivity index (χ1) is 7.34. The summed E-state index contributed by atoms with van der Waals surface area (Å²) in [4.78, 5) is 7.09. The van der Waals surface area contributed by atoms with Crippen molar-refractivity contribution in [2.24, 2.45) is 4.99 Å². The molecule has 1 heterocycles. The highest BCUT2D eigenvalue weighted by molar-refractivity contribution is 8.04. The van der Waals surface area contributed by atoms with Crippen LogP contribution >= 0.6 is 24.4 Å². The van der Waals surface area contributed by atoms with Crippen LogP contribution in [-0.2, 0) is 0 Å². The van der Waals surface area contributed by atoms with Crippen LogP contribution in [0.25, 0.3) is 0 Å². The highest BCUT2D eigenvalue weighted by Gasteiger charge is 2.22.